The van der Waals surface area contributed by atoms with Gasteiger partial charge in [-0.2, -0.15) is 0 Å². The average Bonchev–Trinajstić information content (AvgIpc) is 3.21. The van der Waals surface area contributed by atoms with Gasteiger partial charge >= 0.3 is 0 Å². The van der Waals surface area contributed by atoms with Crippen molar-refractivity contribution in [2.24, 2.45) is 0 Å². The molecule has 4 aromatic rings. The first kappa shape index (κ1) is 21.8. The molecule has 0 aliphatic rings. The first-order chi connectivity index (χ1) is 15.6. The van der Waals surface area contributed by atoms with E-state index >= 15 is 0 Å². The standard InChI is InChI=1S/C26H26N4OS/c1-19(2)21-13-15-22(16-14-21)27-25(31)18-32-26-29-28-24(17-20-9-5-3-6-10-20)30(26)23-11-7-4-8-12-23/h3-16,19H,17-18H2,1-2H3,(H,27,31). The fourth-order valence-electron chi connectivity index (χ4n) is 3.40. The molecule has 0 unspecified atom stereocenters. The molecule has 0 saturated carbocycles. The van der Waals surface area contributed by atoms with Gasteiger partial charge in [-0.1, -0.05) is 86.3 Å². The number of amides is 1. The van der Waals surface area contributed by atoms with E-state index in [9.17, 15) is 4.79 Å². The van der Waals surface area contributed by atoms with Gasteiger partial charge in [0.25, 0.3) is 0 Å². The Labute approximate surface area is 192 Å². The van der Waals surface area contributed by atoms with E-state index in [2.05, 4.69) is 53.6 Å². The van der Waals surface area contributed by atoms with Crippen molar-refractivity contribution in [1.29, 1.82) is 0 Å². The zero-order valence-electron chi connectivity index (χ0n) is 18.2. The summed E-state index contributed by atoms with van der Waals surface area (Å²) in [4.78, 5) is 12.6. The minimum absolute atomic E-state index is 0.0699. The van der Waals surface area contributed by atoms with Crippen LogP contribution < -0.4 is 5.32 Å². The van der Waals surface area contributed by atoms with Crippen LogP contribution in [-0.4, -0.2) is 26.4 Å². The molecule has 1 heterocycles. The molecular formula is C26H26N4OS. The lowest BCUT2D eigenvalue weighted by Crippen LogP contribution is -2.14. The number of nitrogens with zero attached hydrogens (tertiary/aromatic N) is 3. The largest absolute Gasteiger partial charge is 0.325 e. The molecule has 32 heavy (non-hydrogen) atoms. The Morgan fingerprint density at radius 1 is 0.906 bits per heavy atom. The average molecular weight is 443 g/mol. The topological polar surface area (TPSA) is 59.8 Å². The molecule has 0 aliphatic heterocycles. The maximum Gasteiger partial charge on any atom is 0.234 e. The predicted molar refractivity (Wildman–Crippen MR) is 130 cm³/mol. The molecule has 1 aromatic heterocycles. The second-order valence-corrected chi connectivity index (χ2v) is 8.79. The number of thioether (sulfide) groups is 1. The van der Waals surface area contributed by atoms with E-state index in [0.717, 1.165) is 22.8 Å². The number of nitrogens with one attached hydrogen (secondary N) is 1. The van der Waals surface area contributed by atoms with Crippen LogP contribution >= 0.6 is 11.8 Å². The van der Waals surface area contributed by atoms with Crippen molar-refractivity contribution in [3.8, 4) is 5.69 Å². The Kier molecular flexibility index (Phi) is 7.02. The molecule has 0 aliphatic carbocycles. The molecule has 0 saturated heterocycles. The SMILES string of the molecule is CC(C)c1ccc(NC(=O)CSc2nnc(Cc3ccccc3)n2-c2ccccc2)cc1. The molecule has 162 valence electrons. The van der Waals surface area contributed by atoms with Gasteiger partial charge in [-0.15, -0.1) is 10.2 Å². The van der Waals surface area contributed by atoms with Crippen LogP contribution in [0.3, 0.4) is 0 Å². The van der Waals surface area contributed by atoms with Gasteiger partial charge in [0.15, 0.2) is 5.16 Å². The van der Waals surface area contributed by atoms with E-state index in [0.29, 0.717) is 17.5 Å². The summed E-state index contributed by atoms with van der Waals surface area (Å²) in [6.45, 7) is 4.30. The lowest BCUT2D eigenvalue weighted by Gasteiger charge is -2.11. The summed E-state index contributed by atoms with van der Waals surface area (Å²) in [5.41, 5.74) is 4.19. The van der Waals surface area contributed by atoms with Crippen molar-refractivity contribution in [3.05, 3.63) is 102 Å². The summed E-state index contributed by atoms with van der Waals surface area (Å²) in [6, 6.07) is 28.2. The lowest BCUT2D eigenvalue weighted by molar-refractivity contribution is -0.113. The number of carbonyl (C=O) groups excluding carboxylic acids is 1. The monoisotopic (exact) mass is 442 g/mol. The minimum Gasteiger partial charge on any atom is -0.325 e. The van der Waals surface area contributed by atoms with Crippen LogP contribution in [0.25, 0.3) is 5.69 Å². The van der Waals surface area contributed by atoms with Crippen molar-refractivity contribution < 1.29 is 4.79 Å². The number of para-hydroxylation sites is 1. The van der Waals surface area contributed by atoms with E-state index in [1.807, 2.05) is 65.2 Å². The van der Waals surface area contributed by atoms with Crippen LogP contribution in [0.1, 0.15) is 36.7 Å². The third-order valence-electron chi connectivity index (χ3n) is 5.11. The number of hydrogen-bond donors (Lipinski definition) is 1. The van der Waals surface area contributed by atoms with Gasteiger partial charge in [0.1, 0.15) is 5.82 Å². The van der Waals surface area contributed by atoms with E-state index in [4.69, 9.17) is 0 Å². The van der Waals surface area contributed by atoms with Crippen LogP contribution in [0.5, 0.6) is 0 Å². The molecular weight excluding hydrogens is 416 g/mol. The molecule has 0 bridgehead atoms. The highest BCUT2D eigenvalue weighted by Gasteiger charge is 2.16. The lowest BCUT2D eigenvalue weighted by atomic mass is 10.0. The van der Waals surface area contributed by atoms with Gasteiger partial charge in [-0.3, -0.25) is 9.36 Å². The van der Waals surface area contributed by atoms with Crippen molar-refractivity contribution in [3.63, 3.8) is 0 Å². The van der Waals surface area contributed by atoms with Crippen LogP contribution in [0.2, 0.25) is 0 Å². The number of carbonyl (C=O) groups is 1. The highest BCUT2D eigenvalue weighted by Crippen LogP contribution is 2.24. The van der Waals surface area contributed by atoms with Crippen LogP contribution in [0, 0.1) is 0 Å². The zero-order valence-corrected chi connectivity index (χ0v) is 19.0. The molecule has 4 rings (SSSR count). The number of benzene rings is 3. The summed E-state index contributed by atoms with van der Waals surface area (Å²) in [6.07, 6.45) is 0.664. The molecule has 6 heteroatoms. The fraction of sp³-hybridized carbons (Fsp3) is 0.192. The summed E-state index contributed by atoms with van der Waals surface area (Å²) in [7, 11) is 0. The van der Waals surface area contributed by atoms with Gasteiger partial charge in [-0.25, -0.2) is 0 Å². The summed E-state index contributed by atoms with van der Waals surface area (Å²) >= 11 is 1.39. The number of anilines is 1. The summed E-state index contributed by atoms with van der Waals surface area (Å²) < 4.78 is 2.03. The van der Waals surface area contributed by atoms with E-state index in [-0.39, 0.29) is 11.7 Å². The summed E-state index contributed by atoms with van der Waals surface area (Å²) in [5.74, 6) is 1.49. The Hall–Kier alpha value is -3.38. The van der Waals surface area contributed by atoms with E-state index in [1.165, 1.54) is 17.3 Å². The third kappa shape index (κ3) is 5.45. The van der Waals surface area contributed by atoms with Crippen molar-refractivity contribution >= 4 is 23.4 Å². The Morgan fingerprint density at radius 3 is 2.22 bits per heavy atom. The van der Waals surface area contributed by atoms with Crippen molar-refractivity contribution in [2.75, 3.05) is 11.1 Å². The van der Waals surface area contributed by atoms with Crippen molar-refractivity contribution in [1.82, 2.24) is 14.8 Å². The molecule has 0 spiro atoms. The molecule has 0 radical (unpaired) electrons. The highest BCUT2D eigenvalue weighted by atomic mass is 32.2. The first-order valence-electron chi connectivity index (χ1n) is 10.7. The Bertz CT molecular complexity index is 1160. The molecule has 0 fully saturated rings. The van der Waals surface area contributed by atoms with Gasteiger partial charge in [-0.05, 0) is 41.3 Å². The minimum atomic E-state index is -0.0699. The maximum absolute atomic E-state index is 12.6. The van der Waals surface area contributed by atoms with Crippen LogP contribution in [0.15, 0.2) is 90.1 Å². The molecule has 1 amide bonds. The van der Waals surface area contributed by atoms with E-state index in [1.54, 1.807) is 0 Å². The first-order valence-corrected chi connectivity index (χ1v) is 11.6. The molecule has 5 nitrogen and oxygen atoms in total. The van der Waals surface area contributed by atoms with Gasteiger partial charge in [0, 0.05) is 17.8 Å². The smallest absolute Gasteiger partial charge is 0.234 e. The van der Waals surface area contributed by atoms with Gasteiger partial charge < -0.3 is 5.32 Å². The Morgan fingerprint density at radius 2 is 1.56 bits per heavy atom. The maximum atomic E-state index is 12.6. The number of rotatable bonds is 8. The predicted octanol–water partition coefficient (Wildman–Crippen LogP) is 5.71. The normalized spacial score (nSPS) is 11.0. The van der Waals surface area contributed by atoms with E-state index < -0.39 is 0 Å². The summed E-state index contributed by atoms with van der Waals surface area (Å²) in [5, 5.41) is 12.5. The number of aromatic nitrogens is 3. The van der Waals surface area contributed by atoms with Crippen LogP contribution in [-0.2, 0) is 11.2 Å². The Balaban J connectivity index is 1.48. The second kappa shape index (κ2) is 10.3. The second-order valence-electron chi connectivity index (χ2n) is 7.85. The molecule has 0 atom stereocenters. The van der Waals surface area contributed by atoms with Gasteiger partial charge in [0.2, 0.25) is 5.91 Å². The fourth-order valence-corrected chi connectivity index (χ4v) is 4.17. The molecule has 3 aromatic carbocycles. The molecule has 1 N–H and O–H groups in total. The van der Waals surface area contributed by atoms with Gasteiger partial charge in [0.05, 0.1) is 5.75 Å². The van der Waals surface area contributed by atoms with Crippen molar-refractivity contribution in [2.45, 2.75) is 31.3 Å². The highest BCUT2D eigenvalue weighted by molar-refractivity contribution is 7.99. The van der Waals surface area contributed by atoms with Crippen LogP contribution in [0.4, 0.5) is 5.69 Å². The number of hydrogen-bond acceptors (Lipinski definition) is 4. The third-order valence-corrected chi connectivity index (χ3v) is 6.04. The quantitative estimate of drug-likeness (QED) is 0.355. The zero-order chi connectivity index (χ0) is 22.3.